The third-order valence-corrected chi connectivity index (χ3v) is 3.24. The fourth-order valence-corrected chi connectivity index (χ4v) is 2.23. The van der Waals surface area contributed by atoms with Gasteiger partial charge in [0.2, 0.25) is 0 Å². The summed E-state index contributed by atoms with van der Waals surface area (Å²) in [5.41, 5.74) is 8.54. The minimum absolute atomic E-state index is 0.498. The lowest BCUT2D eigenvalue weighted by molar-refractivity contribution is 0.430. The number of aryl methyl sites for hydroxylation is 1. The molecule has 0 unspecified atom stereocenters. The third kappa shape index (κ3) is 1.92. The van der Waals surface area contributed by atoms with Crippen LogP contribution >= 0.6 is 0 Å². The van der Waals surface area contributed by atoms with Crippen molar-refractivity contribution in [3.63, 3.8) is 0 Å². The van der Waals surface area contributed by atoms with E-state index in [9.17, 15) is 0 Å². The lowest BCUT2D eigenvalue weighted by Gasteiger charge is -2.09. The van der Waals surface area contributed by atoms with Crippen LogP contribution in [-0.4, -0.2) is 23.2 Å². The molecular formula is C13H16N4O. The van der Waals surface area contributed by atoms with Crippen molar-refractivity contribution >= 4 is 11.6 Å². The summed E-state index contributed by atoms with van der Waals surface area (Å²) in [6, 6.07) is 5.80. The molecule has 0 atom stereocenters. The topological polar surface area (TPSA) is 68.2 Å². The van der Waals surface area contributed by atoms with Gasteiger partial charge in [0.15, 0.2) is 0 Å². The molecule has 0 radical (unpaired) electrons. The van der Waals surface area contributed by atoms with Gasteiger partial charge in [-0.05, 0) is 37.1 Å². The van der Waals surface area contributed by atoms with Crippen LogP contribution in [0.4, 0.5) is 11.6 Å². The van der Waals surface area contributed by atoms with Crippen LogP contribution < -0.4 is 10.6 Å². The summed E-state index contributed by atoms with van der Waals surface area (Å²) >= 11 is 0. The number of aromatic nitrogens is 2. The van der Waals surface area contributed by atoms with Crippen LogP contribution in [-0.2, 0) is 0 Å². The summed E-state index contributed by atoms with van der Waals surface area (Å²) in [6.07, 6.45) is 2.38. The Morgan fingerprint density at radius 2 is 2.06 bits per heavy atom. The Hall–Kier alpha value is -2.04. The molecule has 1 aliphatic rings. The van der Waals surface area contributed by atoms with E-state index in [2.05, 4.69) is 15.0 Å². The number of nitrogen functional groups attached to an aromatic ring is 1. The maximum absolute atomic E-state index is 5.94. The predicted molar refractivity (Wildman–Crippen MR) is 70.3 cm³/mol. The number of benzene rings is 1. The zero-order valence-electron chi connectivity index (χ0n) is 10.4. The first kappa shape index (κ1) is 11.1. The van der Waals surface area contributed by atoms with E-state index in [4.69, 9.17) is 10.3 Å². The molecule has 0 bridgehead atoms. The number of anilines is 2. The highest BCUT2D eigenvalue weighted by atomic mass is 16.5. The van der Waals surface area contributed by atoms with Crippen LogP contribution in [0.5, 0.6) is 0 Å². The van der Waals surface area contributed by atoms with E-state index >= 15 is 0 Å². The Balaban J connectivity index is 1.94. The molecule has 94 valence electrons. The first-order valence-corrected chi connectivity index (χ1v) is 6.19. The van der Waals surface area contributed by atoms with Crippen LogP contribution in [0.3, 0.4) is 0 Å². The molecule has 0 amide bonds. The minimum Gasteiger partial charge on any atom is -0.398 e. The summed E-state index contributed by atoms with van der Waals surface area (Å²) in [4.78, 5) is 6.57. The van der Waals surface area contributed by atoms with Crippen molar-refractivity contribution in [3.8, 4) is 11.5 Å². The van der Waals surface area contributed by atoms with Crippen molar-refractivity contribution in [2.75, 3.05) is 23.7 Å². The number of hydrogen-bond donors (Lipinski definition) is 1. The van der Waals surface area contributed by atoms with E-state index in [1.807, 2.05) is 25.1 Å². The number of nitrogens with zero attached hydrogens (tertiary/aromatic N) is 3. The summed E-state index contributed by atoms with van der Waals surface area (Å²) in [5, 5.41) is 4.03. The molecule has 0 aliphatic carbocycles. The van der Waals surface area contributed by atoms with Gasteiger partial charge in [0, 0.05) is 18.8 Å². The molecule has 2 heterocycles. The second-order valence-corrected chi connectivity index (χ2v) is 4.68. The van der Waals surface area contributed by atoms with Crippen LogP contribution in [0.1, 0.15) is 18.4 Å². The largest absolute Gasteiger partial charge is 0.398 e. The maximum atomic E-state index is 5.94. The van der Waals surface area contributed by atoms with Gasteiger partial charge in [0.25, 0.3) is 11.8 Å². The van der Waals surface area contributed by atoms with Crippen LogP contribution in [0.2, 0.25) is 0 Å². The van der Waals surface area contributed by atoms with Gasteiger partial charge in [-0.2, -0.15) is 4.98 Å². The molecular weight excluding hydrogens is 228 g/mol. The van der Waals surface area contributed by atoms with E-state index in [0.717, 1.165) is 24.2 Å². The second kappa shape index (κ2) is 4.33. The van der Waals surface area contributed by atoms with Crippen molar-refractivity contribution in [2.45, 2.75) is 19.8 Å². The highest BCUT2D eigenvalue weighted by Gasteiger charge is 2.19. The Labute approximate surface area is 106 Å². The number of nitrogens with two attached hydrogens (primary N) is 1. The van der Waals surface area contributed by atoms with Crippen molar-refractivity contribution in [2.24, 2.45) is 0 Å². The van der Waals surface area contributed by atoms with Gasteiger partial charge in [-0.25, -0.2) is 0 Å². The average molecular weight is 244 g/mol. The molecule has 1 aromatic heterocycles. The van der Waals surface area contributed by atoms with E-state index in [1.54, 1.807) is 0 Å². The summed E-state index contributed by atoms with van der Waals surface area (Å²) in [5.74, 6) is 1.17. The molecule has 1 saturated heterocycles. The average Bonchev–Trinajstić information content (AvgIpc) is 3.00. The van der Waals surface area contributed by atoms with Gasteiger partial charge >= 0.3 is 0 Å². The van der Waals surface area contributed by atoms with Gasteiger partial charge in [-0.15, -0.1) is 0 Å². The monoisotopic (exact) mass is 244 g/mol. The van der Waals surface area contributed by atoms with Gasteiger partial charge in [0.05, 0.1) is 5.56 Å². The third-order valence-electron chi connectivity index (χ3n) is 3.24. The van der Waals surface area contributed by atoms with E-state index < -0.39 is 0 Å². The van der Waals surface area contributed by atoms with E-state index in [-0.39, 0.29) is 0 Å². The summed E-state index contributed by atoms with van der Waals surface area (Å²) in [6.45, 7) is 4.02. The van der Waals surface area contributed by atoms with Gasteiger partial charge in [-0.3, -0.25) is 0 Å². The van der Waals surface area contributed by atoms with Crippen LogP contribution in [0, 0.1) is 6.92 Å². The zero-order chi connectivity index (χ0) is 12.5. The smallest absolute Gasteiger partial charge is 0.266 e. The molecule has 2 aromatic rings. The van der Waals surface area contributed by atoms with Gasteiger partial charge in [-0.1, -0.05) is 11.6 Å². The molecule has 5 nitrogen and oxygen atoms in total. The molecule has 1 fully saturated rings. The molecule has 5 heteroatoms. The molecule has 3 rings (SSSR count). The first-order valence-electron chi connectivity index (χ1n) is 6.19. The normalized spacial score (nSPS) is 15.3. The van der Waals surface area contributed by atoms with Crippen molar-refractivity contribution in [1.82, 2.24) is 10.1 Å². The lowest BCUT2D eigenvalue weighted by atomic mass is 10.1. The Morgan fingerprint density at radius 1 is 1.28 bits per heavy atom. The minimum atomic E-state index is 0.498. The fourth-order valence-electron chi connectivity index (χ4n) is 2.23. The Kier molecular flexibility index (Phi) is 2.66. The standard InChI is InChI=1S/C13H16N4O/c1-9-4-5-11(14)10(8-9)12-15-13(16-18-12)17-6-2-3-7-17/h4-5,8H,2-3,6-7,14H2,1H3. The predicted octanol–water partition coefficient (Wildman–Crippen LogP) is 2.23. The molecule has 1 aromatic carbocycles. The highest BCUT2D eigenvalue weighted by molar-refractivity contribution is 5.71. The highest BCUT2D eigenvalue weighted by Crippen LogP contribution is 2.27. The lowest BCUT2D eigenvalue weighted by Crippen LogP contribution is -2.18. The second-order valence-electron chi connectivity index (χ2n) is 4.68. The van der Waals surface area contributed by atoms with E-state index in [1.165, 1.54) is 12.8 Å². The Bertz CT molecular complexity index is 558. The fraction of sp³-hybridized carbons (Fsp3) is 0.385. The number of hydrogen-bond acceptors (Lipinski definition) is 5. The summed E-state index contributed by atoms with van der Waals surface area (Å²) < 4.78 is 5.32. The first-order chi connectivity index (χ1) is 8.74. The Morgan fingerprint density at radius 3 is 2.83 bits per heavy atom. The van der Waals surface area contributed by atoms with Gasteiger partial charge in [0.1, 0.15) is 0 Å². The SMILES string of the molecule is Cc1ccc(N)c(-c2nc(N3CCCC3)no2)c1. The van der Waals surface area contributed by atoms with Crippen LogP contribution in [0.25, 0.3) is 11.5 Å². The molecule has 0 saturated carbocycles. The number of rotatable bonds is 2. The molecule has 18 heavy (non-hydrogen) atoms. The van der Waals surface area contributed by atoms with Crippen LogP contribution in [0.15, 0.2) is 22.7 Å². The van der Waals surface area contributed by atoms with Crippen molar-refractivity contribution in [3.05, 3.63) is 23.8 Å². The van der Waals surface area contributed by atoms with Crippen molar-refractivity contribution in [1.29, 1.82) is 0 Å². The van der Waals surface area contributed by atoms with E-state index in [0.29, 0.717) is 17.5 Å². The molecule has 0 spiro atoms. The summed E-state index contributed by atoms with van der Waals surface area (Å²) in [7, 11) is 0. The molecule has 1 aliphatic heterocycles. The maximum Gasteiger partial charge on any atom is 0.266 e. The van der Waals surface area contributed by atoms with Crippen molar-refractivity contribution < 1.29 is 4.52 Å². The molecule has 2 N–H and O–H groups in total. The van der Waals surface area contributed by atoms with Gasteiger partial charge < -0.3 is 15.2 Å². The zero-order valence-corrected chi connectivity index (χ0v) is 10.4. The quantitative estimate of drug-likeness (QED) is 0.820.